The first-order valence-electron chi connectivity index (χ1n) is 6.90. The van der Waals surface area contributed by atoms with Crippen molar-refractivity contribution in [3.63, 3.8) is 0 Å². The molecule has 0 heterocycles. The molecule has 19 heavy (non-hydrogen) atoms. The predicted octanol–water partition coefficient (Wildman–Crippen LogP) is 3.76. The van der Waals surface area contributed by atoms with Gasteiger partial charge in [-0.3, -0.25) is 4.79 Å². The summed E-state index contributed by atoms with van der Waals surface area (Å²) >= 11 is 5.91. The summed E-state index contributed by atoms with van der Waals surface area (Å²) in [5.41, 5.74) is 1.82. The van der Waals surface area contributed by atoms with Crippen molar-refractivity contribution in [1.82, 2.24) is 5.32 Å². The summed E-state index contributed by atoms with van der Waals surface area (Å²) in [6.07, 6.45) is 4.11. The van der Waals surface area contributed by atoms with Gasteiger partial charge in [-0.2, -0.15) is 0 Å². The molecule has 0 aliphatic carbocycles. The van der Waals surface area contributed by atoms with E-state index >= 15 is 0 Å². The Morgan fingerprint density at radius 1 is 1.26 bits per heavy atom. The second-order valence-corrected chi connectivity index (χ2v) is 5.15. The molecule has 106 valence electrons. The minimum atomic E-state index is 0.0216. The molecule has 0 fully saturated rings. The fourth-order valence-electron chi connectivity index (χ4n) is 1.77. The van der Waals surface area contributed by atoms with Crippen molar-refractivity contribution in [2.45, 2.75) is 39.5 Å². The zero-order valence-electron chi connectivity index (χ0n) is 11.8. The number of hydrogen-bond acceptors (Lipinski definition) is 2. The van der Waals surface area contributed by atoms with Crippen molar-refractivity contribution in [2.75, 3.05) is 18.4 Å². The second kappa shape index (κ2) is 8.94. The van der Waals surface area contributed by atoms with E-state index in [1.165, 1.54) is 19.3 Å². The molecular formula is C15H23ClN2O. The van der Waals surface area contributed by atoms with E-state index in [1.54, 1.807) is 6.07 Å². The number of hydrogen-bond donors (Lipinski definition) is 2. The predicted molar refractivity (Wildman–Crippen MR) is 81.8 cm³/mol. The number of rotatable bonds is 8. The Labute approximate surface area is 120 Å². The minimum Gasteiger partial charge on any atom is -0.326 e. The number of unbranched alkanes of at least 4 members (excludes halogenated alkanes) is 2. The van der Waals surface area contributed by atoms with Crippen molar-refractivity contribution in [3.8, 4) is 0 Å². The van der Waals surface area contributed by atoms with Gasteiger partial charge in [-0.15, -0.1) is 0 Å². The molecule has 0 aromatic heterocycles. The lowest BCUT2D eigenvalue weighted by Gasteiger charge is -2.09. The smallest absolute Gasteiger partial charge is 0.225 e. The monoisotopic (exact) mass is 282 g/mol. The Morgan fingerprint density at radius 2 is 2.05 bits per heavy atom. The van der Waals surface area contributed by atoms with Crippen LogP contribution in [0.3, 0.4) is 0 Å². The Kier molecular flexibility index (Phi) is 7.53. The number of nitrogens with one attached hydrogen (secondary N) is 2. The van der Waals surface area contributed by atoms with Gasteiger partial charge in [0.25, 0.3) is 0 Å². The molecule has 3 nitrogen and oxygen atoms in total. The van der Waals surface area contributed by atoms with Crippen LogP contribution in [0.5, 0.6) is 0 Å². The molecule has 1 rings (SSSR count). The van der Waals surface area contributed by atoms with Crippen molar-refractivity contribution in [1.29, 1.82) is 0 Å². The summed E-state index contributed by atoms with van der Waals surface area (Å²) < 4.78 is 0. The highest BCUT2D eigenvalue weighted by Gasteiger charge is 2.05. The van der Waals surface area contributed by atoms with Gasteiger partial charge in [0.05, 0.1) is 0 Å². The van der Waals surface area contributed by atoms with Gasteiger partial charge in [0, 0.05) is 23.7 Å². The van der Waals surface area contributed by atoms with Crippen molar-refractivity contribution < 1.29 is 4.79 Å². The second-order valence-electron chi connectivity index (χ2n) is 4.71. The largest absolute Gasteiger partial charge is 0.326 e. The van der Waals surface area contributed by atoms with E-state index in [9.17, 15) is 4.79 Å². The van der Waals surface area contributed by atoms with Crippen LogP contribution in [0.2, 0.25) is 5.02 Å². The number of carbonyl (C=O) groups is 1. The molecule has 1 amide bonds. The lowest BCUT2D eigenvalue weighted by Crippen LogP contribution is -2.22. The molecule has 0 aliphatic rings. The fourth-order valence-corrected chi connectivity index (χ4v) is 1.94. The molecule has 0 atom stereocenters. The lowest BCUT2D eigenvalue weighted by molar-refractivity contribution is -0.116. The number of aryl methyl sites for hydroxylation is 1. The van der Waals surface area contributed by atoms with Crippen LogP contribution in [0, 0.1) is 6.92 Å². The van der Waals surface area contributed by atoms with Crippen LogP contribution in [0.1, 0.15) is 38.2 Å². The Morgan fingerprint density at radius 3 is 2.79 bits per heavy atom. The van der Waals surface area contributed by atoms with E-state index in [1.807, 2.05) is 19.1 Å². The van der Waals surface area contributed by atoms with Crippen molar-refractivity contribution in [3.05, 3.63) is 28.8 Å². The summed E-state index contributed by atoms with van der Waals surface area (Å²) in [6.45, 7) is 5.84. The number of amides is 1. The van der Waals surface area contributed by atoms with Crippen LogP contribution >= 0.6 is 11.6 Å². The van der Waals surface area contributed by atoms with Crippen molar-refractivity contribution in [2.24, 2.45) is 0 Å². The molecule has 0 spiro atoms. The van der Waals surface area contributed by atoms with E-state index in [0.29, 0.717) is 11.4 Å². The standard InChI is InChI=1S/C15H23ClN2O/c1-3-4-5-9-17-10-8-15(19)18-14-11-13(16)7-6-12(14)2/h6-7,11,17H,3-5,8-10H2,1-2H3,(H,18,19). The van der Waals surface area contributed by atoms with Crippen LogP contribution in [-0.2, 0) is 4.79 Å². The summed E-state index contributed by atoms with van der Waals surface area (Å²) in [5.74, 6) is 0.0216. The van der Waals surface area contributed by atoms with Crippen LogP contribution in [0.15, 0.2) is 18.2 Å². The van der Waals surface area contributed by atoms with Crippen LogP contribution in [0.25, 0.3) is 0 Å². The molecule has 2 N–H and O–H groups in total. The van der Waals surface area contributed by atoms with Gasteiger partial charge in [-0.25, -0.2) is 0 Å². The summed E-state index contributed by atoms with van der Waals surface area (Å²) in [5, 5.41) is 6.80. The van der Waals surface area contributed by atoms with E-state index in [0.717, 1.165) is 24.3 Å². The van der Waals surface area contributed by atoms with E-state index in [-0.39, 0.29) is 5.91 Å². The van der Waals surface area contributed by atoms with Gasteiger partial charge in [0.2, 0.25) is 5.91 Å². The van der Waals surface area contributed by atoms with Gasteiger partial charge < -0.3 is 10.6 Å². The average Bonchev–Trinajstić information content (AvgIpc) is 2.38. The first-order valence-corrected chi connectivity index (χ1v) is 7.28. The molecule has 0 saturated heterocycles. The van der Waals surface area contributed by atoms with Crippen LogP contribution in [-0.4, -0.2) is 19.0 Å². The van der Waals surface area contributed by atoms with E-state index < -0.39 is 0 Å². The average molecular weight is 283 g/mol. The highest BCUT2D eigenvalue weighted by atomic mass is 35.5. The molecule has 0 unspecified atom stereocenters. The maximum absolute atomic E-state index is 11.8. The maximum atomic E-state index is 11.8. The molecule has 0 aliphatic heterocycles. The minimum absolute atomic E-state index is 0.0216. The topological polar surface area (TPSA) is 41.1 Å². The molecule has 1 aromatic rings. The number of benzene rings is 1. The molecular weight excluding hydrogens is 260 g/mol. The summed E-state index contributed by atoms with van der Waals surface area (Å²) in [6, 6.07) is 5.51. The summed E-state index contributed by atoms with van der Waals surface area (Å²) in [7, 11) is 0. The number of halogens is 1. The first-order chi connectivity index (χ1) is 9.13. The molecule has 0 saturated carbocycles. The van der Waals surface area contributed by atoms with E-state index in [2.05, 4.69) is 17.6 Å². The summed E-state index contributed by atoms with van der Waals surface area (Å²) in [4.78, 5) is 11.8. The van der Waals surface area contributed by atoms with Crippen LogP contribution in [0.4, 0.5) is 5.69 Å². The maximum Gasteiger partial charge on any atom is 0.225 e. The normalized spacial score (nSPS) is 10.5. The van der Waals surface area contributed by atoms with Gasteiger partial charge in [-0.1, -0.05) is 37.4 Å². The Hall–Kier alpha value is -1.06. The fraction of sp³-hybridized carbons (Fsp3) is 0.533. The Balaban J connectivity index is 2.25. The van der Waals surface area contributed by atoms with Gasteiger partial charge in [0.15, 0.2) is 0 Å². The highest BCUT2D eigenvalue weighted by Crippen LogP contribution is 2.20. The van der Waals surface area contributed by atoms with Crippen LogP contribution < -0.4 is 10.6 Å². The quantitative estimate of drug-likeness (QED) is 0.713. The Bertz CT molecular complexity index is 407. The number of carbonyl (C=O) groups excluding carboxylic acids is 1. The first kappa shape index (κ1) is 16.0. The third-order valence-corrected chi connectivity index (χ3v) is 3.19. The van der Waals surface area contributed by atoms with Crippen molar-refractivity contribution >= 4 is 23.2 Å². The third-order valence-electron chi connectivity index (χ3n) is 2.96. The number of anilines is 1. The zero-order chi connectivity index (χ0) is 14.1. The van der Waals surface area contributed by atoms with Gasteiger partial charge >= 0.3 is 0 Å². The molecule has 4 heteroatoms. The SMILES string of the molecule is CCCCCNCCC(=O)Nc1cc(Cl)ccc1C. The third kappa shape index (κ3) is 6.60. The van der Waals surface area contributed by atoms with Gasteiger partial charge in [0.1, 0.15) is 0 Å². The van der Waals surface area contributed by atoms with E-state index in [4.69, 9.17) is 11.6 Å². The molecule has 1 aromatic carbocycles. The molecule has 0 radical (unpaired) electrons. The molecule has 0 bridgehead atoms. The highest BCUT2D eigenvalue weighted by molar-refractivity contribution is 6.31. The zero-order valence-corrected chi connectivity index (χ0v) is 12.5. The lowest BCUT2D eigenvalue weighted by atomic mass is 10.2. The van der Waals surface area contributed by atoms with Gasteiger partial charge in [-0.05, 0) is 37.6 Å².